The summed E-state index contributed by atoms with van der Waals surface area (Å²) in [6, 6.07) is 19.9. The molecular weight excluding hydrogens is 494 g/mol. The molecule has 0 saturated carbocycles. The number of hydrogen-bond acceptors (Lipinski definition) is 4. The van der Waals surface area contributed by atoms with Gasteiger partial charge in [0.05, 0.1) is 32.0 Å². The molecule has 2 aliphatic rings. The van der Waals surface area contributed by atoms with Crippen LogP contribution >= 0.6 is 11.3 Å². The van der Waals surface area contributed by atoms with Gasteiger partial charge >= 0.3 is 6.03 Å². The number of aromatic nitrogens is 1. The van der Waals surface area contributed by atoms with Gasteiger partial charge in [-0.2, -0.15) is 0 Å². The molecule has 1 N–H and O–H groups in total. The summed E-state index contributed by atoms with van der Waals surface area (Å²) < 4.78 is 13.5. The van der Waals surface area contributed by atoms with E-state index in [1.807, 2.05) is 59.6 Å². The molecule has 0 radical (unpaired) electrons. The molecule has 1 aliphatic carbocycles. The predicted octanol–water partition coefficient (Wildman–Crippen LogP) is 6.64. The van der Waals surface area contributed by atoms with Crippen molar-refractivity contribution in [1.82, 2.24) is 14.8 Å². The summed E-state index contributed by atoms with van der Waals surface area (Å²) in [7, 11) is 1.66. The van der Waals surface area contributed by atoms with Gasteiger partial charge in [0.15, 0.2) is 0 Å². The SMILES string of the molecule is CCOc1cccc([C@@H]2c3cccn3-c3sc4c(c3CN2C(=O)NCc2cccc(OC)c2)CCCC4)c1. The van der Waals surface area contributed by atoms with Crippen molar-refractivity contribution in [2.75, 3.05) is 13.7 Å². The summed E-state index contributed by atoms with van der Waals surface area (Å²) in [6.07, 6.45) is 6.80. The van der Waals surface area contributed by atoms with Crippen LogP contribution in [0.2, 0.25) is 0 Å². The maximum Gasteiger partial charge on any atom is 0.318 e. The minimum atomic E-state index is -0.255. The van der Waals surface area contributed by atoms with Crippen LogP contribution in [0, 0.1) is 0 Å². The Morgan fingerprint density at radius 3 is 2.74 bits per heavy atom. The van der Waals surface area contributed by atoms with Gasteiger partial charge in [-0.05, 0) is 85.7 Å². The lowest BCUT2D eigenvalue weighted by atomic mass is 9.95. The molecule has 4 aromatic rings. The summed E-state index contributed by atoms with van der Waals surface area (Å²) in [5, 5.41) is 4.46. The first kappa shape index (κ1) is 24.6. The topological polar surface area (TPSA) is 55.7 Å². The first-order valence-electron chi connectivity index (χ1n) is 13.4. The van der Waals surface area contributed by atoms with E-state index in [9.17, 15) is 4.79 Å². The summed E-state index contributed by atoms with van der Waals surface area (Å²) in [6.45, 7) is 3.58. The van der Waals surface area contributed by atoms with E-state index in [0.717, 1.165) is 41.2 Å². The quantitative estimate of drug-likeness (QED) is 0.306. The fourth-order valence-electron chi connectivity index (χ4n) is 5.74. The average Bonchev–Trinajstić information content (AvgIpc) is 3.54. The largest absolute Gasteiger partial charge is 0.497 e. The molecule has 0 fully saturated rings. The zero-order valence-electron chi connectivity index (χ0n) is 21.9. The number of benzene rings is 2. The van der Waals surface area contributed by atoms with Gasteiger partial charge in [0.2, 0.25) is 0 Å². The van der Waals surface area contributed by atoms with Gasteiger partial charge in [0.25, 0.3) is 0 Å². The van der Waals surface area contributed by atoms with Gasteiger partial charge in [-0.3, -0.25) is 0 Å². The molecule has 1 aliphatic heterocycles. The summed E-state index contributed by atoms with van der Waals surface area (Å²) in [5.41, 5.74) is 5.87. The van der Waals surface area contributed by atoms with Crippen molar-refractivity contribution in [1.29, 1.82) is 0 Å². The third kappa shape index (κ3) is 4.56. The Labute approximate surface area is 227 Å². The highest BCUT2D eigenvalue weighted by Crippen LogP contribution is 2.44. The van der Waals surface area contributed by atoms with Gasteiger partial charge < -0.3 is 24.3 Å². The number of carbonyl (C=O) groups is 1. The number of nitrogens with one attached hydrogen (secondary N) is 1. The highest BCUT2D eigenvalue weighted by atomic mass is 32.1. The number of thiophene rings is 1. The second-order valence-corrected chi connectivity index (χ2v) is 10.9. The summed E-state index contributed by atoms with van der Waals surface area (Å²) in [4.78, 5) is 17.5. The fourth-order valence-corrected chi connectivity index (χ4v) is 7.14. The molecule has 2 aromatic carbocycles. The van der Waals surface area contributed by atoms with Gasteiger partial charge in [-0.15, -0.1) is 11.3 Å². The van der Waals surface area contributed by atoms with Crippen LogP contribution in [0.15, 0.2) is 66.9 Å². The molecule has 6 nitrogen and oxygen atoms in total. The third-order valence-corrected chi connectivity index (χ3v) is 8.84. The minimum absolute atomic E-state index is 0.0870. The second kappa shape index (κ2) is 10.6. The summed E-state index contributed by atoms with van der Waals surface area (Å²) >= 11 is 1.90. The van der Waals surface area contributed by atoms with Crippen LogP contribution in [0.5, 0.6) is 11.5 Å². The highest BCUT2D eigenvalue weighted by Gasteiger charge is 2.36. The highest BCUT2D eigenvalue weighted by molar-refractivity contribution is 7.15. The van der Waals surface area contributed by atoms with Gasteiger partial charge in [0, 0.05) is 23.2 Å². The van der Waals surface area contributed by atoms with Crippen molar-refractivity contribution in [3.05, 3.63) is 99.7 Å². The molecular formula is C31H33N3O3S. The number of urea groups is 1. The first-order chi connectivity index (χ1) is 18.7. The molecule has 0 bridgehead atoms. The van der Waals surface area contributed by atoms with E-state index < -0.39 is 0 Å². The number of hydrogen-bond donors (Lipinski definition) is 1. The summed E-state index contributed by atoms with van der Waals surface area (Å²) in [5.74, 6) is 1.60. The average molecular weight is 528 g/mol. The van der Waals surface area contributed by atoms with E-state index >= 15 is 0 Å². The Balaban J connectivity index is 1.42. The van der Waals surface area contributed by atoms with E-state index in [-0.39, 0.29) is 12.1 Å². The molecule has 2 amide bonds. The van der Waals surface area contributed by atoms with E-state index in [2.05, 4.69) is 40.3 Å². The Bertz CT molecular complexity index is 1460. The first-order valence-corrected chi connectivity index (χ1v) is 14.2. The molecule has 38 heavy (non-hydrogen) atoms. The standard InChI is InChI=1S/C31H33N3O3S/c1-3-37-24-12-7-10-22(18-24)29-27-14-8-16-33(27)30-26(25-13-4-5-15-28(25)38-30)20-34(29)31(35)32-19-21-9-6-11-23(17-21)36-2/h6-12,14,16-18,29H,3-5,13,15,19-20H2,1-2H3,(H,32,35)/t29-/m1/s1. The van der Waals surface area contributed by atoms with Crippen molar-refractivity contribution in [2.45, 2.75) is 51.7 Å². The second-order valence-electron chi connectivity index (χ2n) is 9.84. The van der Waals surface area contributed by atoms with Crippen molar-refractivity contribution < 1.29 is 14.3 Å². The van der Waals surface area contributed by atoms with Crippen molar-refractivity contribution in [3.8, 4) is 16.5 Å². The number of methoxy groups -OCH3 is 1. The van der Waals surface area contributed by atoms with Crippen molar-refractivity contribution >= 4 is 17.4 Å². The van der Waals surface area contributed by atoms with Crippen LogP contribution in [0.4, 0.5) is 4.79 Å². The lowest BCUT2D eigenvalue weighted by Gasteiger charge is -2.31. The molecule has 2 aromatic heterocycles. The number of nitrogens with zero attached hydrogens (tertiary/aromatic N) is 2. The van der Waals surface area contributed by atoms with Gasteiger partial charge in [-0.1, -0.05) is 24.3 Å². The molecule has 196 valence electrons. The molecule has 0 unspecified atom stereocenters. The Hall–Kier alpha value is -3.71. The molecule has 7 heteroatoms. The van der Waals surface area contributed by atoms with E-state index in [4.69, 9.17) is 9.47 Å². The lowest BCUT2D eigenvalue weighted by molar-refractivity contribution is 0.180. The Morgan fingerprint density at radius 1 is 1.03 bits per heavy atom. The van der Waals surface area contributed by atoms with Crippen molar-refractivity contribution in [2.24, 2.45) is 0 Å². The van der Waals surface area contributed by atoms with E-state index in [0.29, 0.717) is 19.7 Å². The number of aryl methyl sites for hydroxylation is 1. The maximum atomic E-state index is 14.1. The molecule has 0 saturated heterocycles. The molecule has 6 rings (SSSR count). The van der Waals surface area contributed by atoms with Crippen LogP contribution in [-0.4, -0.2) is 29.2 Å². The van der Waals surface area contributed by atoms with E-state index in [1.54, 1.807) is 7.11 Å². The number of amides is 2. The van der Waals surface area contributed by atoms with Crippen LogP contribution in [0.1, 0.15) is 58.6 Å². The molecule has 1 atom stereocenters. The number of carbonyl (C=O) groups excluding carboxylic acids is 1. The lowest BCUT2D eigenvalue weighted by Crippen LogP contribution is -2.41. The number of rotatable bonds is 6. The van der Waals surface area contributed by atoms with Crippen LogP contribution < -0.4 is 14.8 Å². The number of ether oxygens (including phenoxy) is 2. The van der Waals surface area contributed by atoms with E-state index in [1.165, 1.54) is 33.8 Å². The molecule has 3 heterocycles. The van der Waals surface area contributed by atoms with Crippen LogP contribution in [0.25, 0.3) is 5.00 Å². The Morgan fingerprint density at radius 2 is 1.87 bits per heavy atom. The minimum Gasteiger partial charge on any atom is -0.497 e. The third-order valence-electron chi connectivity index (χ3n) is 7.50. The zero-order chi connectivity index (χ0) is 26.1. The van der Waals surface area contributed by atoms with Crippen LogP contribution in [-0.2, 0) is 25.9 Å². The van der Waals surface area contributed by atoms with Crippen LogP contribution in [0.3, 0.4) is 0 Å². The predicted molar refractivity (Wildman–Crippen MR) is 151 cm³/mol. The molecule has 0 spiro atoms. The van der Waals surface area contributed by atoms with Gasteiger partial charge in [0.1, 0.15) is 16.5 Å². The maximum absolute atomic E-state index is 14.1. The smallest absolute Gasteiger partial charge is 0.318 e. The Kier molecular flexibility index (Phi) is 6.85. The number of fused-ring (bicyclic) bond motifs is 5. The zero-order valence-corrected chi connectivity index (χ0v) is 22.7. The monoisotopic (exact) mass is 527 g/mol. The fraction of sp³-hybridized carbons (Fsp3) is 0.323. The van der Waals surface area contributed by atoms with Crippen molar-refractivity contribution in [3.63, 3.8) is 0 Å². The van der Waals surface area contributed by atoms with Gasteiger partial charge in [-0.25, -0.2) is 4.79 Å². The normalized spacial score (nSPS) is 16.2.